The van der Waals surface area contributed by atoms with Crippen molar-refractivity contribution in [2.75, 3.05) is 42.5 Å². The highest BCUT2D eigenvalue weighted by Gasteiger charge is 2.27. The van der Waals surface area contributed by atoms with Gasteiger partial charge in [0.2, 0.25) is 5.91 Å². The molecule has 0 N–H and O–H groups in total. The van der Waals surface area contributed by atoms with E-state index < -0.39 is 0 Å². The molecule has 0 bridgehead atoms. The molecule has 2 aliphatic heterocycles. The number of nitrogens with zero attached hydrogens (tertiary/aromatic N) is 5. The molecule has 2 aromatic rings. The molecule has 0 spiro atoms. The number of carbonyl (C=O) groups excluding carboxylic acids is 2. The van der Waals surface area contributed by atoms with Crippen LogP contribution in [0.4, 0.5) is 11.6 Å². The summed E-state index contributed by atoms with van der Waals surface area (Å²) in [6, 6.07) is 3.99. The Bertz CT molecular complexity index is 950. The molecule has 0 radical (unpaired) electrons. The van der Waals surface area contributed by atoms with E-state index in [0.29, 0.717) is 37.4 Å². The summed E-state index contributed by atoms with van der Waals surface area (Å²) in [5.74, 6) is 1.75. The van der Waals surface area contributed by atoms with Gasteiger partial charge < -0.3 is 9.80 Å². The number of aromatic nitrogens is 2. The second-order valence-electron chi connectivity index (χ2n) is 7.94. The van der Waals surface area contributed by atoms with Crippen LogP contribution in [0.5, 0.6) is 0 Å². The number of amides is 2. The lowest BCUT2D eigenvalue weighted by Gasteiger charge is -2.36. The van der Waals surface area contributed by atoms with Crippen LogP contribution in [0.1, 0.15) is 39.9 Å². The van der Waals surface area contributed by atoms with Gasteiger partial charge in [-0.2, -0.15) is 0 Å². The molecule has 0 aromatic carbocycles. The Balaban J connectivity index is 1.43. The Morgan fingerprint density at radius 2 is 1.69 bits per heavy atom. The molecule has 0 aliphatic carbocycles. The van der Waals surface area contributed by atoms with Crippen molar-refractivity contribution < 1.29 is 9.59 Å². The molecule has 4 heterocycles. The van der Waals surface area contributed by atoms with Crippen LogP contribution in [0, 0.1) is 20.8 Å². The summed E-state index contributed by atoms with van der Waals surface area (Å²) in [6.45, 7) is 9.56. The van der Waals surface area contributed by atoms with Crippen molar-refractivity contribution in [1.82, 2.24) is 14.9 Å². The number of hydrogen-bond acceptors (Lipinski definition) is 5. The summed E-state index contributed by atoms with van der Waals surface area (Å²) in [6.07, 6.45) is 4.94. The summed E-state index contributed by atoms with van der Waals surface area (Å²) >= 11 is 0. The quantitative estimate of drug-likeness (QED) is 0.801. The zero-order valence-corrected chi connectivity index (χ0v) is 17.3. The Morgan fingerprint density at radius 3 is 2.31 bits per heavy atom. The predicted molar refractivity (Wildman–Crippen MR) is 112 cm³/mol. The third-order valence-electron chi connectivity index (χ3n) is 5.73. The minimum absolute atomic E-state index is 0.00235. The summed E-state index contributed by atoms with van der Waals surface area (Å²) in [5.41, 5.74) is 3.79. The van der Waals surface area contributed by atoms with E-state index in [9.17, 15) is 9.59 Å². The fourth-order valence-electron chi connectivity index (χ4n) is 4.13. The van der Waals surface area contributed by atoms with Crippen molar-refractivity contribution >= 4 is 23.5 Å². The van der Waals surface area contributed by atoms with Crippen LogP contribution in [-0.2, 0) is 4.79 Å². The standard InChI is InChI=1S/C22H27N5O2/c1-15-11-17(3)21(24-13-15)25-7-9-26(10-8-25)22(29)18-14-23-19(12-16(18)2)27-6-4-5-20(27)28/h11-14H,4-10H2,1-3H3. The van der Waals surface area contributed by atoms with E-state index in [-0.39, 0.29) is 11.8 Å². The first-order valence-corrected chi connectivity index (χ1v) is 10.2. The summed E-state index contributed by atoms with van der Waals surface area (Å²) in [7, 11) is 0. The highest BCUT2D eigenvalue weighted by Crippen LogP contribution is 2.23. The molecule has 2 aromatic heterocycles. The van der Waals surface area contributed by atoms with Gasteiger partial charge in [-0.15, -0.1) is 0 Å². The van der Waals surface area contributed by atoms with E-state index in [0.717, 1.165) is 42.0 Å². The average molecular weight is 393 g/mol. The Hall–Kier alpha value is -2.96. The first kappa shape index (κ1) is 19.4. The molecule has 2 amide bonds. The molecule has 7 heteroatoms. The van der Waals surface area contributed by atoms with E-state index in [1.165, 1.54) is 0 Å². The number of anilines is 2. The van der Waals surface area contributed by atoms with Crippen LogP contribution in [0.2, 0.25) is 0 Å². The van der Waals surface area contributed by atoms with E-state index in [2.05, 4.69) is 27.9 Å². The Kier molecular flexibility index (Phi) is 5.22. The first-order chi connectivity index (χ1) is 13.9. The van der Waals surface area contributed by atoms with E-state index in [4.69, 9.17) is 0 Å². The van der Waals surface area contributed by atoms with Gasteiger partial charge >= 0.3 is 0 Å². The molecule has 0 unspecified atom stereocenters. The number of aryl methyl sites for hydroxylation is 3. The molecular weight excluding hydrogens is 366 g/mol. The molecular formula is C22H27N5O2. The van der Waals surface area contributed by atoms with E-state index in [1.807, 2.05) is 31.0 Å². The maximum absolute atomic E-state index is 13.0. The van der Waals surface area contributed by atoms with Gasteiger partial charge in [0.05, 0.1) is 5.56 Å². The van der Waals surface area contributed by atoms with Crippen LogP contribution >= 0.6 is 0 Å². The van der Waals surface area contributed by atoms with Gasteiger partial charge in [-0.3, -0.25) is 14.5 Å². The monoisotopic (exact) mass is 393 g/mol. The lowest BCUT2D eigenvalue weighted by molar-refractivity contribution is -0.117. The van der Waals surface area contributed by atoms with Crippen molar-refractivity contribution in [3.8, 4) is 0 Å². The Morgan fingerprint density at radius 1 is 0.931 bits per heavy atom. The summed E-state index contributed by atoms with van der Waals surface area (Å²) in [5, 5.41) is 0. The van der Waals surface area contributed by atoms with Crippen molar-refractivity contribution in [2.24, 2.45) is 0 Å². The van der Waals surface area contributed by atoms with Crippen LogP contribution in [0.25, 0.3) is 0 Å². The zero-order valence-electron chi connectivity index (χ0n) is 17.3. The maximum Gasteiger partial charge on any atom is 0.255 e. The largest absolute Gasteiger partial charge is 0.353 e. The number of piperazine rings is 1. The minimum atomic E-state index is 0.00235. The lowest BCUT2D eigenvalue weighted by atomic mass is 10.1. The van der Waals surface area contributed by atoms with E-state index in [1.54, 1.807) is 11.1 Å². The van der Waals surface area contributed by atoms with Crippen molar-refractivity contribution in [1.29, 1.82) is 0 Å². The normalized spacial score (nSPS) is 17.2. The SMILES string of the molecule is Cc1cnc(N2CCN(C(=O)c3cnc(N4CCCC4=O)cc3C)CC2)c(C)c1. The van der Waals surface area contributed by atoms with Gasteiger partial charge in [0.15, 0.2) is 0 Å². The molecule has 0 atom stereocenters. The molecule has 2 aliphatic rings. The highest BCUT2D eigenvalue weighted by molar-refractivity contribution is 5.97. The average Bonchev–Trinajstić information content (AvgIpc) is 3.13. The van der Waals surface area contributed by atoms with Crippen LogP contribution < -0.4 is 9.80 Å². The third-order valence-corrected chi connectivity index (χ3v) is 5.73. The van der Waals surface area contributed by atoms with Gasteiger partial charge in [-0.05, 0) is 49.9 Å². The predicted octanol–water partition coefficient (Wildman–Crippen LogP) is 2.49. The number of rotatable bonds is 3. The van der Waals surface area contributed by atoms with Crippen molar-refractivity contribution in [2.45, 2.75) is 33.6 Å². The fraction of sp³-hybridized carbons (Fsp3) is 0.455. The van der Waals surface area contributed by atoms with Gasteiger partial charge in [0.25, 0.3) is 5.91 Å². The second kappa shape index (κ2) is 7.81. The van der Waals surface area contributed by atoms with Gasteiger partial charge in [-0.25, -0.2) is 9.97 Å². The van der Waals surface area contributed by atoms with Crippen molar-refractivity contribution in [3.63, 3.8) is 0 Å². The fourth-order valence-corrected chi connectivity index (χ4v) is 4.13. The molecule has 4 rings (SSSR count). The minimum Gasteiger partial charge on any atom is -0.353 e. The van der Waals surface area contributed by atoms with Gasteiger partial charge in [0.1, 0.15) is 11.6 Å². The second-order valence-corrected chi connectivity index (χ2v) is 7.94. The van der Waals surface area contributed by atoms with Crippen LogP contribution in [-0.4, -0.2) is 59.4 Å². The molecule has 29 heavy (non-hydrogen) atoms. The topological polar surface area (TPSA) is 69.6 Å². The maximum atomic E-state index is 13.0. The molecule has 152 valence electrons. The third kappa shape index (κ3) is 3.81. The first-order valence-electron chi connectivity index (χ1n) is 10.2. The van der Waals surface area contributed by atoms with Gasteiger partial charge in [-0.1, -0.05) is 6.07 Å². The molecule has 2 fully saturated rings. The summed E-state index contributed by atoms with van der Waals surface area (Å²) < 4.78 is 0. The zero-order chi connectivity index (χ0) is 20.5. The number of hydrogen-bond donors (Lipinski definition) is 0. The van der Waals surface area contributed by atoms with Crippen LogP contribution in [0.3, 0.4) is 0 Å². The molecule has 7 nitrogen and oxygen atoms in total. The highest BCUT2D eigenvalue weighted by atomic mass is 16.2. The number of pyridine rings is 2. The Labute approximate surface area is 171 Å². The number of carbonyl (C=O) groups is 2. The van der Waals surface area contributed by atoms with E-state index >= 15 is 0 Å². The molecule has 2 saturated heterocycles. The van der Waals surface area contributed by atoms with Crippen molar-refractivity contribution in [3.05, 3.63) is 46.8 Å². The van der Waals surface area contributed by atoms with Gasteiger partial charge in [0, 0.05) is 51.5 Å². The molecule has 0 saturated carbocycles. The lowest BCUT2D eigenvalue weighted by Crippen LogP contribution is -2.49. The smallest absolute Gasteiger partial charge is 0.255 e. The summed E-state index contributed by atoms with van der Waals surface area (Å²) in [4.78, 5) is 39.8. The van der Waals surface area contributed by atoms with Crippen LogP contribution in [0.15, 0.2) is 24.5 Å².